The van der Waals surface area contributed by atoms with Crippen molar-refractivity contribution in [1.82, 2.24) is 9.97 Å². The van der Waals surface area contributed by atoms with Crippen molar-refractivity contribution in [3.63, 3.8) is 0 Å². The molecule has 0 bridgehead atoms. The zero-order valence-electron chi connectivity index (χ0n) is 10.0. The van der Waals surface area contributed by atoms with E-state index in [0.29, 0.717) is 27.2 Å². The number of aromatic nitrogens is 2. The van der Waals surface area contributed by atoms with Crippen LogP contribution in [0.1, 0.15) is 15.9 Å². The number of H-pyrrole nitrogens is 2. The lowest BCUT2D eigenvalue weighted by atomic mass is 10.0. The summed E-state index contributed by atoms with van der Waals surface area (Å²) in [5, 5.41) is 0.382. The maximum absolute atomic E-state index is 12.4. The number of benzene rings is 2. The molecule has 0 saturated carbocycles. The Bertz CT molecular complexity index is 882. The number of carbonyl (C=O) groups excluding carboxylic acids is 1. The first kappa shape index (κ1) is 13.1. The van der Waals surface area contributed by atoms with Gasteiger partial charge in [-0.25, -0.2) is 4.79 Å². The number of rotatable bonds is 2. The first-order valence-electron chi connectivity index (χ1n) is 5.76. The van der Waals surface area contributed by atoms with E-state index in [-0.39, 0.29) is 11.5 Å². The zero-order valence-corrected chi connectivity index (χ0v) is 12.4. The van der Waals surface area contributed by atoms with E-state index in [0.717, 1.165) is 4.47 Å². The third-order valence-electron chi connectivity index (χ3n) is 2.95. The van der Waals surface area contributed by atoms with Crippen LogP contribution < -0.4 is 5.69 Å². The minimum atomic E-state index is -0.300. The van der Waals surface area contributed by atoms with Crippen LogP contribution >= 0.6 is 27.5 Å². The van der Waals surface area contributed by atoms with E-state index in [1.54, 1.807) is 36.4 Å². The highest BCUT2D eigenvalue weighted by molar-refractivity contribution is 9.10. The fourth-order valence-corrected chi connectivity index (χ4v) is 2.76. The molecule has 6 heteroatoms. The highest BCUT2D eigenvalue weighted by Gasteiger charge is 2.14. The molecule has 3 rings (SSSR count). The minimum Gasteiger partial charge on any atom is -0.306 e. The van der Waals surface area contributed by atoms with Gasteiger partial charge in [-0.1, -0.05) is 27.5 Å². The number of ketones is 1. The Balaban J connectivity index is 2.09. The molecule has 0 spiro atoms. The van der Waals surface area contributed by atoms with Gasteiger partial charge in [0, 0.05) is 15.6 Å². The lowest BCUT2D eigenvalue weighted by molar-refractivity contribution is 0.103. The second kappa shape index (κ2) is 4.92. The van der Waals surface area contributed by atoms with Gasteiger partial charge in [-0.05, 0) is 36.4 Å². The van der Waals surface area contributed by atoms with Crippen LogP contribution in [0.15, 0.2) is 45.7 Å². The number of hydrogen-bond acceptors (Lipinski definition) is 2. The second-order valence-corrected chi connectivity index (χ2v) is 5.62. The molecule has 0 saturated heterocycles. The summed E-state index contributed by atoms with van der Waals surface area (Å²) in [5.41, 5.74) is 1.85. The molecule has 0 unspecified atom stereocenters. The molecule has 1 heterocycles. The van der Waals surface area contributed by atoms with Gasteiger partial charge in [0.25, 0.3) is 0 Å². The van der Waals surface area contributed by atoms with Gasteiger partial charge in [-0.2, -0.15) is 0 Å². The van der Waals surface area contributed by atoms with Gasteiger partial charge in [0.2, 0.25) is 0 Å². The third kappa shape index (κ3) is 2.30. The maximum atomic E-state index is 12.4. The van der Waals surface area contributed by atoms with E-state index >= 15 is 0 Å². The second-order valence-electron chi connectivity index (χ2n) is 4.29. The Labute approximate surface area is 126 Å². The quantitative estimate of drug-likeness (QED) is 0.694. The largest absolute Gasteiger partial charge is 0.323 e. The van der Waals surface area contributed by atoms with E-state index in [9.17, 15) is 9.59 Å². The monoisotopic (exact) mass is 350 g/mol. The lowest BCUT2D eigenvalue weighted by Crippen LogP contribution is -2.02. The Kier molecular flexibility index (Phi) is 3.23. The smallest absolute Gasteiger partial charge is 0.306 e. The van der Waals surface area contributed by atoms with Crippen LogP contribution in [0.25, 0.3) is 11.0 Å². The number of imidazole rings is 1. The number of nitrogens with one attached hydrogen (secondary N) is 2. The first-order chi connectivity index (χ1) is 9.54. The van der Waals surface area contributed by atoms with Crippen LogP contribution in [-0.2, 0) is 0 Å². The van der Waals surface area contributed by atoms with Crippen molar-refractivity contribution in [1.29, 1.82) is 0 Å². The molecule has 4 nitrogen and oxygen atoms in total. The van der Waals surface area contributed by atoms with Gasteiger partial charge in [-0.15, -0.1) is 0 Å². The van der Waals surface area contributed by atoms with Crippen LogP contribution in [0.2, 0.25) is 5.02 Å². The van der Waals surface area contributed by atoms with E-state index in [4.69, 9.17) is 11.6 Å². The molecule has 0 atom stereocenters. The highest BCUT2D eigenvalue weighted by Crippen LogP contribution is 2.24. The average molecular weight is 352 g/mol. The molecule has 3 aromatic rings. The average Bonchev–Trinajstić information content (AvgIpc) is 2.77. The lowest BCUT2D eigenvalue weighted by Gasteiger charge is -2.04. The Morgan fingerprint density at radius 3 is 2.55 bits per heavy atom. The van der Waals surface area contributed by atoms with E-state index in [2.05, 4.69) is 25.9 Å². The Hall–Kier alpha value is -1.85. The number of hydrogen-bond donors (Lipinski definition) is 2. The molecule has 0 fully saturated rings. The van der Waals surface area contributed by atoms with Gasteiger partial charge < -0.3 is 9.97 Å². The summed E-state index contributed by atoms with van der Waals surface area (Å²) < 4.78 is 0.810. The Morgan fingerprint density at radius 1 is 1.05 bits per heavy atom. The molecule has 1 aromatic heterocycles. The van der Waals surface area contributed by atoms with Gasteiger partial charge in [-0.3, -0.25) is 4.79 Å². The fraction of sp³-hybridized carbons (Fsp3) is 0. The molecule has 2 N–H and O–H groups in total. The molecule has 2 aromatic carbocycles. The van der Waals surface area contributed by atoms with Gasteiger partial charge in [0.1, 0.15) is 0 Å². The van der Waals surface area contributed by atoms with Crippen molar-refractivity contribution >= 4 is 44.3 Å². The Morgan fingerprint density at radius 2 is 1.80 bits per heavy atom. The summed E-state index contributed by atoms with van der Waals surface area (Å²) in [7, 11) is 0. The van der Waals surface area contributed by atoms with E-state index in [1.165, 1.54) is 0 Å². The summed E-state index contributed by atoms with van der Waals surface area (Å²) in [6, 6.07) is 10.1. The molecule has 0 aliphatic heterocycles. The fourth-order valence-electron chi connectivity index (χ4n) is 2.00. The summed E-state index contributed by atoms with van der Waals surface area (Å²) in [5.74, 6) is -0.188. The molecule has 100 valence electrons. The standard InChI is InChI=1S/C14H8BrClN2O2/c15-8-2-3-9(10(16)6-8)13(19)7-1-4-11-12(5-7)18-14(20)17-11/h1-6H,(H2,17,18,20). The minimum absolute atomic E-state index is 0.188. The summed E-state index contributed by atoms with van der Waals surface area (Å²) in [6.45, 7) is 0. The van der Waals surface area contributed by atoms with Gasteiger partial charge >= 0.3 is 5.69 Å². The van der Waals surface area contributed by atoms with Crippen LogP contribution in [0.4, 0.5) is 0 Å². The molecule has 0 amide bonds. The third-order valence-corrected chi connectivity index (χ3v) is 3.76. The zero-order chi connectivity index (χ0) is 14.3. The molecular formula is C14H8BrClN2O2. The van der Waals surface area contributed by atoms with Crippen molar-refractivity contribution in [3.05, 3.63) is 67.5 Å². The van der Waals surface area contributed by atoms with Crippen molar-refractivity contribution in [2.45, 2.75) is 0 Å². The van der Waals surface area contributed by atoms with Crippen LogP contribution in [0, 0.1) is 0 Å². The maximum Gasteiger partial charge on any atom is 0.323 e. The van der Waals surface area contributed by atoms with E-state index < -0.39 is 0 Å². The molecule has 0 aliphatic carbocycles. The summed E-state index contributed by atoms with van der Waals surface area (Å²) in [4.78, 5) is 28.9. The number of fused-ring (bicyclic) bond motifs is 1. The van der Waals surface area contributed by atoms with Crippen LogP contribution in [-0.4, -0.2) is 15.8 Å². The molecule has 0 aliphatic rings. The molecule has 0 radical (unpaired) electrons. The SMILES string of the molecule is O=C(c1ccc2[nH]c(=O)[nH]c2c1)c1ccc(Br)cc1Cl. The normalized spacial score (nSPS) is 10.9. The number of carbonyl (C=O) groups is 1. The van der Waals surface area contributed by atoms with Crippen molar-refractivity contribution < 1.29 is 4.79 Å². The topological polar surface area (TPSA) is 65.7 Å². The summed E-state index contributed by atoms with van der Waals surface area (Å²) in [6.07, 6.45) is 0. The van der Waals surface area contributed by atoms with Crippen molar-refractivity contribution in [3.8, 4) is 0 Å². The van der Waals surface area contributed by atoms with Crippen molar-refractivity contribution in [2.24, 2.45) is 0 Å². The predicted octanol–water partition coefficient (Wildman–Crippen LogP) is 3.50. The highest BCUT2D eigenvalue weighted by atomic mass is 79.9. The molecule has 20 heavy (non-hydrogen) atoms. The first-order valence-corrected chi connectivity index (χ1v) is 6.93. The number of aromatic amines is 2. The number of halogens is 2. The predicted molar refractivity (Wildman–Crippen MR) is 81.5 cm³/mol. The van der Waals surface area contributed by atoms with E-state index in [1.807, 2.05) is 0 Å². The van der Waals surface area contributed by atoms with Crippen LogP contribution in [0.5, 0.6) is 0 Å². The van der Waals surface area contributed by atoms with Crippen LogP contribution in [0.3, 0.4) is 0 Å². The van der Waals surface area contributed by atoms with Gasteiger partial charge in [0.15, 0.2) is 5.78 Å². The molecular weight excluding hydrogens is 344 g/mol. The van der Waals surface area contributed by atoms with Gasteiger partial charge in [0.05, 0.1) is 16.1 Å². The van der Waals surface area contributed by atoms with Crippen molar-refractivity contribution in [2.75, 3.05) is 0 Å². The summed E-state index contributed by atoms with van der Waals surface area (Å²) >= 11 is 9.38.